The van der Waals surface area contributed by atoms with Gasteiger partial charge >= 0.3 is 18.0 Å². The van der Waals surface area contributed by atoms with Gasteiger partial charge in [-0.05, 0) is 28.3 Å². The molecule has 1 amide bonds. The van der Waals surface area contributed by atoms with Crippen molar-refractivity contribution in [1.82, 2.24) is 5.32 Å². The predicted molar refractivity (Wildman–Crippen MR) is 123 cm³/mol. The SMILES string of the molecule is C[Si](C)(C)CCOC(=O)C[C@H](NC(=O)OCC1c2ccccc2-c2ccccc21)C(=O)O. The molecule has 1 aliphatic carbocycles. The number of carbonyl (C=O) groups excluding carboxylic acids is 2. The number of esters is 1. The van der Waals surface area contributed by atoms with Crippen molar-refractivity contribution in [3.05, 3.63) is 59.7 Å². The molecule has 0 aromatic heterocycles. The number of amides is 1. The summed E-state index contributed by atoms with van der Waals surface area (Å²) in [6, 6.07) is 15.2. The lowest BCUT2D eigenvalue weighted by Crippen LogP contribution is -2.43. The summed E-state index contributed by atoms with van der Waals surface area (Å²) in [7, 11) is -1.37. The van der Waals surface area contributed by atoms with Gasteiger partial charge in [-0.1, -0.05) is 68.2 Å². The lowest BCUT2D eigenvalue weighted by molar-refractivity contribution is -0.149. The molecule has 7 nitrogen and oxygen atoms in total. The van der Waals surface area contributed by atoms with Crippen LogP contribution in [-0.4, -0.2) is 50.5 Å². The Labute approximate surface area is 188 Å². The zero-order valence-corrected chi connectivity index (χ0v) is 19.6. The first-order valence-electron chi connectivity index (χ1n) is 10.7. The summed E-state index contributed by atoms with van der Waals surface area (Å²) in [6.07, 6.45) is -1.33. The molecule has 0 spiro atoms. The smallest absolute Gasteiger partial charge is 0.407 e. The van der Waals surface area contributed by atoms with E-state index in [9.17, 15) is 19.5 Å². The first kappa shape index (κ1) is 23.5. The second-order valence-corrected chi connectivity index (χ2v) is 14.7. The van der Waals surface area contributed by atoms with Gasteiger partial charge in [-0.15, -0.1) is 0 Å². The van der Waals surface area contributed by atoms with Crippen LogP contribution in [0.3, 0.4) is 0 Å². The zero-order valence-electron chi connectivity index (χ0n) is 18.6. The Balaban J connectivity index is 1.56. The van der Waals surface area contributed by atoms with Crippen molar-refractivity contribution in [2.75, 3.05) is 13.2 Å². The molecule has 0 heterocycles. The van der Waals surface area contributed by atoms with Gasteiger partial charge in [0.25, 0.3) is 0 Å². The Bertz CT molecular complexity index is 954. The minimum absolute atomic E-state index is 0.0624. The molecule has 170 valence electrons. The molecule has 0 radical (unpaired) electrons. The Hall–Kier alpha value is -3.13. The maximum absolute atomic E-state index is 12.3. The van der Waals surface area contributed by atoms with Gasteiger partial charge in [0, 0.05) is 14.0 Å². The maximum Gasteiger partial charge on any atom is 0.407 e. The van der Waals surface area contributed by atoms with Crippen molar-refractivity contribution in [3.8, 4) is 11.1 Å². The van der Waals surface area contributed by atoms with Gasteiger partial charge in [-0.2, -0.15) is 0 Å². The molecule has 1 aliphatic rings. The standard InChI is InChI=1S/C24H29NO6Si/c1-32(2,3)13-12-30-22(26)14-21(23(27)28)25-24(29)31-15-20-18-10-6-4-8-16(18)17-9-5-7-11-19(17)20/h4-11,20-21H,12-15H2,1-3H3,(H,25,29)(H,27,28)/t21-/m0/s1. The first-order valence-corrected chi connectivity index (χ1v) is 14.4. The summed E-state index contributed by atoms with van der Waals surface area (Å²) in [4.78, 5) is 35.8. The van der Waals surface area contributed by atoms with Gasteiger partial charge < -0.3 is 19.9 Å². The molecular formula is C24H29NO6Si. The normalized spacial score (nSPS) is 13.6. The predicted octanol–water partition coefficient (Wildman–Crippen LogP) is 4.25. The number of alkyl carbamates (subject to hydrolysis) is 1. The Morgan fingerprint density at radius 1 is 0.969 bits per heavy atom. The number of benzene rings is 2. The van der Waals surface area contributed by atoms with E-state index >= 15 is 0 Å². The van der Waals surface area contributed by atoms with E-state index in [4.69, 9.17) is 9.47 Å². The number of carboxylic acids is 1. The van der Waals surface area contributed by atoms with Crippen LogP contribution in [0.15, 0.2) is 48.5 Å². The monoisotopic (exact) mass is 455 g/mol. The van der Waals surface area contributed by atoms with Crippen LogP contribution in [0.4, 0.5) is 4.79 Å². The highest BCUT2D eigenvalue weighted by molar-refractivity contribution is 6.76. The molecule has 2 aromatic carbocycles. The van der Waals surface area contributed by atoms with Crippen LogP contribution in [0, 0.1) is 0 Å². The molecule has 0 bridgehead atoms. The largest absolute Gasteiger partial charge is 0.480 e. The van der Waals surface area contributed by atoms with Crippen LogP contribution in [0.1, 0.15) is 23.5 Å². The van der Waals surface area contributed by atoms with Crippen molar-refractivity contribution in [3.63, 3.8) is 0 Å². The number of carbonyl (C=O) groups is 3. The second-order valence-electron chi connectivity index (χ2n) is 9.10. The summed E-state index contributed by atoms with van der Waals surface area (Å²) < 4.78 is 10.5. The van der Waals surface area contributed by atoms with Gasteiger partial charge in [-0.25, -0.2) is 9.59 Å². The van der Waals surface area contributed by atoms with E-state index in [1.54, 1.807) is 0 Å². The van der Waals surface area contributed by atoms with Gasteiger partial charge in [-0.3, -0.25) is 4.79 Å². The maximum atomic E-state index is 12.3. The number of nitrogens with one attached hydrogen (secondary N) is 1. The van der Waals surface area contributed by atoms with Crippen LogP contribution >= 0.6 is 0 Å². The second kappa shape index (κ2) is 9.99. The molecule has 2 N–H and O–H groups in total. The summed E-state index contributed by atoms with van der Waals surface area (Å²) in [5, 5.41) is 11.7. The molecule has 3 rings (SSSR count). The Kier molecular flexibility index (Phi) is 7.35. The highest BCUT2D eigenvalue weighted by atomic mass is 28.3. The summed E-state index contributed by atoms with van der Waals surface area (Å²) in [5.74, 6) is -2.11. The number of carboxylic acid groups (broad SMARTS) is 1. The van der Waals surface area contributed by atoms with E-state index in [0.717, 1.165) is 28.3 Å². The number of aliphatic carboxylic acids is 1. The molecule has 0 saturated carbocycles. The molecule has 2 aromatic rings. The van der Waals surface area contributed by atoms with E-state index in [1.165, 1.54) is 0 Å². The fourth-order valence-corrected chi connectivity index (χ4v) is 4.39. The third-order valence-electron chi connectivity index (χ3n) is 5.42. The van der Waals surface area contributed by atoms with Crippen molar-refractivity contribution >= 4 is 26.1 Å². The first-order chi connectivity index (χ1) is 15.2. The van der Waals surface area contributed by atoms with Crippen molar-refractivity contribution in [2.24, 2.45) is 0 Å². The van der Waals surface area contributed by atoms with E-state index < -0.39 is 38.6 Å². The molecule has 0 unspecified atom stereocenters. The topological polar surface area (TPSA) is 102 Å². The van der Waals surface area contributed by atoms with Crippen molar-refractivity contribution < 1.29 is 29.0 Å². The molecule has 1 atom stereocenters. The number of hydrogen-bond donors (Lipinski definition) is 2. The van der Waals surface area contributed by atoms with Gasteiger partial charge in [0.05, 0.1) is 13.0 Å². The minimum Gasteiger partial charge on any atom is -0.480 e. The number of fused-ring (bicyclic) bond motifs is 3. The number of rotatable bonds is 9. The fourth-order valence-electron chi connectivity index (χ4n) is 3.68. The van der Waals surface area contributed by atoms with Crippen LogP contribution in [0.5, 0.6) is 0 Å². The summed E-state index contributed by atoms with van der Waals surface area (Å²) in [6.45, 7) is 6.78. The average Bonchev–Trinajstić information content (AvgIpc) is 3.04. The molecular weight excluding hydrogens is 426 g/mol. The van der Waals surface area contributed by atoms with E-state index in [2.05, 4.69) is 25.0 Å². The molecule has 32 heavy (non-hydrogen) atoms. The van der Waals surface area contributed by atoms with Gasteiger partial charge in [0.1, 0.15) is 12.6 Å². The van der Waals surface area contributed by atoms with Crippen molar-refractivity contribution in [1.29, 1.82) is 0 Å². The number of ether oxygens (including phenoxy) is 2. The van der Waals surface area contributed by atoms with E-state index in [1.807, 2.05) is 48.5 Å². The lowest BCUT2D eigenvalue weighted by Gasteiger charge is -2.18. The highest BCUT2D eigenvalue weighted by Crippen LogP contribution is 2.44. The molecule has 8 heteroatoms. The van der Waals surface area contributed by atoms with E-state index in [-0.39, 0.29) is 19.1 Å². The summed E-state index contributed by atoms with van der Waals surface area (Å²) in [5.41, 5.74) is 4.31. The molecule has 0 saturated heterocycles. The quantitative estimate of drug-likeness (QED) is 0.433. The van der Waals surface area contributed by atoms with Gasteiger partial charge in [0.15, 0.2) is 0 Å². The van der Waals surface area contributed by atoms with Crippen LogP contribution in [0.25, 0.3) is 11.1 Å². The Morgan fingerprint density at radius 2 is 1.53 bits per heavy atom. The highest BCUT2D eigenvalue weighted by Gasteiger charge is 2.30. The van der Waals surface area contributed by atoms with Crippen LogP contribution < -0.4 is 5.32 Å². The molecule has 0 fully saturated rings. The van der Waals surface area contributed by atoms with Crippen LogP contribution in [-0.2, 0) is 19.1 Å². The Morgan fingerprint density at radius 3 is 2.06 bits per heavy atom. The minimum atomic E-state index is -1.41. The third kappa shape index (κ3) is 5.97. The zero-order chi connectivity index (χ0) is 23.3. The van der Waals surface area contributed by atoms with Crippen molar-refractivity contribution in [2.45, 2.75) is 44.1 Å². The fraction of sp³-hybridized carbons (Fsp3) is 0.375. The van der Waals surface area contributed by atoms with E-state index in [0.29, 0.717) is 0 Å². The third-order valence-corrected chi connectivity index (χ3v) is 7.12. The molecule has 0 aliphatic heterocycles. The lowest BCUT2D eigenvalue weighted by atomic mass is 9.98. The summed E-state index contributed by atoms with van der Waals surface area (Å²) >= 11 is 0. The average molecular weight is 456 g/mol. The number of hydrogen-bond acceptors (Lipinski definition) is 5. The van der Waals surface area contributed by atoms with Crippen LogP contribution in [0.2, 0.25) is 25.7 Å². The van der Waals surface area contributed by atoms with Gasteiger partial charge in [0.2, 0.25) is 0 Å².